The van der Waals surface area contributed by atoms with Crippen molar-refractivity contribution >= 4 is 0 Å². The van der Waals surface area contributed by atoms with Gasteiger partial charge >= 0.3 is 0 Å². The van der Waals surface area contributed by atoms with Crippen molar-refractivity contribution in [1.29, 1.82) is 0 Å². The second kappa shape index (κ2) is 4.40. The van der Waals surface area contributed by atoms with Crippen LogP contribution in [-0.4, -0.2) is 29.8 Å². The number of rotatable bonds is 3. The first-order valence-electron chi connectivity index (χ1n) is 4.47. The average molecular weight is 172 g/mol. The Bertz CT molecular complexity index is 144. The number of hydrogen-bond donors (Lipinski definition) is 1. The highest BCUT2D eigenvalue weighted by Gasteiger charge is 2.22. The van der Waals surface area contributed by atoms with Crippen molar-refractivity contribution in [3.05, 3.63) is 4.91 Å². The number of piperidine rings is 1. The van der Waals surface area contributed by atoms with E-state index in [0.717, 1.165) is 25.9 Å². The van der Waals surface area contributed by atoms with E-state index in [-0.39, 0.29) is 6.61 Å². The van der Waals surface area contributed by atoms with E-state index in [4.69, 9.17) is 5.11 Å². The van der Waals surface area contributed by atoms with E-state index in [1.165, 1.54) is 0 Å². The van der Waals surface area contributed by atoms with Crippen LogP contribution in [0, 0.1) is 16.7 Å². The Morgan fingerprint density at radius 2 is 2.17 bits per heavy atom. The Balaban J connectivity index is 2.30. The lowest BCUT2D eigenvalue weighted by Crippen LogP contribution is -2.32. The molecular weight excluding hydrogens is 156 g/mol. The third-order valence-electron chi connectivity index (χ3n) is 2.72. The van der Waals surface area contributed by atoms with Crippen molar-refractivity contribution in [3.63, 3.8) is 0 Å². The maximum Gasteiger partial charge on any atom is 0.0523 e. The summed E-state index contributed by atoms with van der Waals surface area (Å²) in [7, 11) is 0. The van der Waals surface area contributed by atoms with Gasteiger partial charge in [-0.1, -0.05) is 6.92 Å². The van der Waals surface area contributed by atoms with Gasteiger partial charge in [-0.05, 0) is 24.7 Å². The number of nitroso groups, excluding NO2 is 1. The molecule has 0 spiro atoms. The number of hydrogen-bond acceptors (Lipinski definition) is 3. The summed E-state index contributed by atoms with van der Waals surface area (Å²) in [5, 5.41) is 13.4. The van der Waals surface area contributed by atoms with Gasteiger partial charge in [-0.25, -0.2) is 0 Å². The van der Waals surface area contributed by atoms with Gasteiger partial charge in [0.2, 0.25) is 0 Å². The second-order valence-corrected chi connectivity index (χ2v) is 3.53. The molecule has 1 aliphatic rings. The largest absolute Gasteiger partial charge is 0.396 e. The minimum absolute atomic E-state index is 0.249. The van der Waals surface area contributed by atoms with E-state index in [0.29, 0.717) is 11.8 Å². The zero-order chi connectivity index (χ0) is 8.97. The molecule has 0 radical (unpaired) electrons. The molecule has 0 unspecified atom stereocenters. The molecule has 0 aliphatic carbocycles. The van der Waals surface area contributed by atoms with Crippen LogP contribution in [0.25, 0.3) is 0 Å². The number of aliphatic hydroxyl groups excluding tert-OH is 1. The van der Waals surface area contributed by atoms with Crippen LogP contribution in [-0.2, 0) is 0 Å². The maximum atomic E-state index is 10.1. The van der Waals surface area contributed by atoms with Gasteiger partial charge in [0.15, 0.2) is 0 Å². The van der Waals surface area contributed by atoms with E-state index in [9.17, 15) is 4.91 Å². The topological polar surface area (TPSA) is 52.9 Å². The number of aliphatic hydroxyl groups is 1. The SMILES string of the molecule is C[C@@H](CO)C1CCN(N=O)CC1. The molecule has 4 nitrogen and oxygen atoms in total. The standard InChI is InChI=1S/C8H16N2O2/c1-7(6-11)8-2-4-10(9-12)5-3-8/h7-8,11H,2-6H2,1H3/t7-/m0/s1. The van der Waals surface area contributed by atoms with Crippen molar-refractivity contribution in [1.82, 2.24) is 5.01 Å². The summed E-state index contributed by atoms with van der Waals surface area (Å²) in [4.78, 5) is 10.1. The molecule has 0 saturated carbocycles. The highest BCUT2D eigenvalue weighted by molar-refractivity contribution is 4.73. The first-order valence-corrected chi connectivity index (χ1v) is 4.47. The Morgan fingerprint density at radius 3 is 2.58 bits per heavy atom. The zero-order valence-electron chi connectivity index (χ0n) is 7.44. The third kappa shape index (κ3) is 2.17. The molecule has 1 saturated heterocycles. The summed E-state index contributed by atoms with van der Waals surface area (Å²) < 4.78 is 0. The summed E-state index contributed by atoms with van der Waals surface area (Å²) in [6, 6.07) is 0. The molecule has 0 amide bonds. The lowest BCUT2D eigenvalue weighted by atomic mass is 9.86. The minimum atomic E-state index is 0.249. The quantitative estimate of drug-likeness (QED) is 0.646. The molecule has 12 heavy (non-hydrogen) atoms. The maximum absolute atomic E-state index is 10.1. The molecule has 0 aromatic rings. The van der Waals surface area contributed by atoms with Crippen molar-refractivity contribution < 1.29 is 5.11 Å². The van der Waals surface area contributed by atoms with Gasteiger partial charge in [0.05, 0.1) is 5.29 Å². The molecule has 0 aromatic heterocycles. The normalized spacial score (nSPS) is 22.3. The Kier molecular flexibility index (Phi) is 3.47. The predicted molar refractivity (Wildman–Crippen MR) is 46.3 cm³/mol. The van der Waals surface area contributed by atoms with Gasteiger partial charge in [-0.3, -0.25) is 5.01 Å². The Hall–Kier alpha value is -0.640. The van der Waals surface area contributed by atoms with Crippen molar-refractivity contribution in [2.75, 3.05) is 19.7 Å². The van der Waals surface area contributed by atoms with Gasteiger partial charge < -0.3 is 5.11 Å². The zero-order valence-corrected chi connectivity index (χ0v) is 7.44. The van der Waals surface area contributed by atoms with E-state index in [1.807, 2.05) is 0 Å². The molecule has 0 bridgehead atoms. The van der Waals surface area contributed by atoms with Gasteiger partial charge in [0.25, 0.3) is 0 Å². The summed E-state index contributed by atoms with van der Waals surface area (Å²) >= 11 is 0. The van der Waals surface area contributed by atoms with E-state index in [1.54, 1.807) is 5.01 Å². The van der Waals surface area contributed by atoms with Crippen LogP contribution in [0.2, 0.25) is 0 Å². The van der Waals surface area contributed by atoms with E-state index >= 15 is 0 Å². The fourth-order valence-corrected chi connectivity index (χ4v) is 1.69. The lowest BCUT2D eigenvalue weighted by Gasteiger charge is -2.30. The molecule has 0 aromatic carbocycles. The van der Waals surface area contributed by atoms with Gasteiger partial charge in [0, 0.05) is 19.7 Å². The van der Waals surface area contributed by atoms with Gasteiger partial charge in [0.1, 0.15) is 0 Å². The molecule has 1 atom stereocenters. The highest BCUT2D eigenvalue weighted by Crippen LogP contribution is 2.24. The average Bonchev–Trinajstić information content (AvgIpc) is 2.17. The molecule has 70 valence electrons. The highest BCUT2D eigenvalue weighted by atomic mass is 16.3. The molecule has 1 rings (SSSR count). The first kappa shape index (κ1) is 9.45. The fourth-order valence-electron chi connectivity index (χ4n) is 1.69. The van der Waals surface area contributed by atoms with Crippen LogP contribution in [0.5, 0.6) is 0 Å². The van der Waals surface area contributed by atoms with Crippen molar-refractivity contribution in [2.24, 2.45) is 17.1 Å². The molecule has 4 heteroatoms. The third-order valence-corrected chi connectivity index (χ3v) is 2.72. The molecule has 1 aliphatic heterocycles. The lowest BCUT2D eigenvalue weighted by molar-refractivity contribution is 0.117. The van der Waals surface area contributed by atoms with Crippen LogP contribution in [0.4, 0.5) is 0 Å². The Morgan fingerprint density at radius 1 is 1.58 bits per heavy atom. The minimum Gasteiger partial charge on any atom is -0.396 e. The van der Waals surface area contributed by atoms with E-state index in [2.05, 4.69) is 12.2 Å². The summed E-state index contributed by atoms with van der Waals surface area (Å²) in [5.74, 6) is 0.923. The second-order valence-electron chi connectivity index (χ2n) is 3.53. The van der Waals surface area contributed by atoms with Crippen LogP contribution in [0.1, 0.15) is 19.8 Å². The van der Waals surface area contributed by atoms with Crippen LogP contribution in [0.3, 0.4) is 0 Å². The van der Waals surface area contributed by atoms with Crippen LogP contribution < -0.4 is 0 Å². The fraction of sp³-hybridized carbons (Fsp3) is 1.00. The first-order chi connectivity index (χ1) is 5.77. The van der Waals surface area contributed by atoms with E-state index < -0.39 is 0 Å². The number of nitrogens with zero attached hydrogens (tertiary/aromatic N) is 2. The van der Waals surface area contributed by atoms with Crippen molar-refractivity contribution in [3.8, 4) is 0 Å². The van der Waals surface area contributed by atoms with Gasteiger partial charge in [-0.15, -0.1) is 4.91 Å². The predicted octanol–water partition coefficient (Wildman–Crippen LogP) is 1.01. The molecule has 1 N–H and O–H groups in total. The summed E-state index contributed by atoms with van der Waals surface area (Å²) in [5.41, 5.74) is 0. The van der Waals surface area contributed by atoms with Crippen LogP contribution in [0.15, 0.2) is 5.29 Å². The summed E-state index contributed by atoms with van der Waals surface area (Å²) in [6.45, 7) is 3.80. The Labute approximate surface area is 72.5 Å². The molecule has 1 heterocycles. The summed E-state index contributed by atoms with van der Waals surface area (Å²) in [6.07, 6.45) is 1.96. The molecular formula is C8H16N2O2. The monoisotopic (exact) mass is 172 g/mol. The molecule has 1 fully saturated rings. The van der Waals surface area contributed by atoms with Crippen LogP contribution >= 0.6 is 0 Å². The smallest absolute Gasteiger partial charge is 0.0523 e. The van der Waals surface area contributed by atoms with Gasteiger partial charge in [-0.2, -0.15) is 0 Å². The van der Waals surface area contributed by atoms with Crippen molar-refractivity contribution in [2.45, 2.75) is 19.8 Å².